The van der Waals surface area contributed by atoms with Gasteiger partial charge in [0.15, 0.2) is 0 Å². The van der Waals surface area contributed by atoms with E-state index in [1.54, 1.807) is 0 Å². The predicted molar refractivity (Wildman–Crippen MR) is 63.2 cm³/mol. The second-order valence-electron chi connectivity index (χ2n) is 5.47. The van der Waals surface area contributed by atoms with Gasteiger partial charge in [-0.15, -0.1) is 0 Å². The van der Waals surface area contributed by atoms with Gasteiger partial charge in [-0.05, 0) is 24.7 Å². The molecule has 0 aromatic rings. The summed E-state index contributed by atoms with van der Waals surface area (Å²) in [4.78, 5) is 23.2. The Labute approximate surface area is 101 Å². The Bertz CT molecular complexity index is 375. The SMILES string of the molecule is CC(C)C(=O)C1(COC(N)=O)CC2C=CC1C2. The minimum Gasteiger partial charge on any atom is -0.449 e. The molecule has 94 valence electrons. The molecular weight excluding hydrogens is 218 g/mol. The minimum atomic E-state index is -0.798. The summed E-state index contributed by atoms with van der Waals surface area (Å²) in [6.45, 7) is 3.92. The van der Waals surface area contributed by atoms with Gasteiger partial charge in [0, 0.05) is 5.92 Å². The molecule has 3 unspecified atom stereocenters. The van der Waals surface area contributed by atoms with Crippen molar-refractivity contribution in [1.82, 2.24) is 0 Å². The van der Waals surface area contributed by atoms with E-state index in [1.807, 2.05) is 13.8 Å². The summed E-state index contributed by atoms with van der Waals surface area (Å²) in [6.07, 6.45) is 5.26. The fourth-order valence-electron chi connectivity index (χ4n) is 3.25. The third kappa shape index (κ3) is 1.96. The summed E-state index contributed by atoms with van der Waals surface area (Å²) in [5, 5.41) is 0. The molecule has 0 aliphatic heterocycles. The molecule has 3 atom stereocenters. The average Bonchev–Trinajstić information content (AvgIpc) is 2.85. The molecule has 1 saturated carbocycles. The van der Waals surface area contributed by atoms with Crippen LogP contribution in [-0.4, -0.2) is 18.5 Å². The Kier molecular flexibility index (Phi) is 2.98. The maximum Gasteiger partial charge on any atom is 0.404 e. The Morgan fingerprint density at radius 1 is 1.47 bits per heavy atom. The molecule has 1 amide bonds. The molecule has 2 aliphatic carbocycles. The topological polar surface area (TPSA) is 69.4 Å². The van der Waals surface area contributed by atoms with Crippen molar-refractivity contribution in [2.75, 3.05) is 6.61 Å². The zero-order valence-corrected chi connectivity index (χ0v) is 10.3. The molecule has 0 radical (unpaired) electrons. The lowest BCUT2D eigenvalue weighted by molar-refractivity contribution is -0.136. The van der Waals surface area contributed by atoms with E-state index in [0.29, 0.717) is 5.92 Å². The lowest BCUT2D eigenvalue weighted by atomic mass is 9.70. The fourth-order valence-corrected chi connectivity index (χ4v) is 3.25. The van der Waals surface area contributed by atoms with E-state index < -0.39 is 11.5 Å². The van der Waals surface area contributed by atoms with Crippen LogP contribution >= 0.6 is 0 Å². The lowest BCUT2D eigenvalue weighted by Gasteiger charge is -2.34. The summed E-state index contributed by atoms with van der Waals surface area (Å²) in [5.41, 5.74) is 4.49. The maximum absolute atomic E-state index is 12.4. The molecule has 1 fully saturated rings. The number of allylic oxidation sites excluding steroid dienone is 2. The number of amides is 1. The molecule has 2 N–H and O–H groups in total. The molecule has 0 aromatic carbocycles. The van der Waals surface area contributed by atoms with Crippen molar-refractivity contribution in [2.24, 2.45) is 28.9 Å². The molecule has 17 heavy (non-hydrogen) atoms. The second-order valence-corrected chi connectivity index (χ2v) is 5.47. The van der Waals surface area contributed by atoms with E-state index in [0.717, 1.165) is 12.8 Å². The van der Waals surface area contributed by atoms with Gasteiger partial charge in [-0.25, -0.2) is 4.79 Å². The number of ketones is 1. The number of ether oxygens (including phenoxy) is 1. The summed E-state index contributed by atoms with van der Waals surface area (Å²) in [5.74, 6) is 0.816. The van der Waals surface area contributed by atoms with E-state index in [1.165, 1.54) is 0 Å². The number of primary amides is 1. The van der Waals surface area contributed by atoms with Gasteiger partial charge >= 0.3 is 6.09 Å². The summed E-state index contributed by atoms with van der Waals surface area (Å²) in [7, 11) is 0. The maximum atomic E-state index is 12.4. The van der Waals surface area contributed by atoms with Crippen molar-refractivity contribution in [2.45, 2.75) is 26.7 Å². The van der Waals surface area contributed by atoms with Gasteiger partial charge in [0.1, 0.15) is 12.4 Å². The zero-order chi connectivity index (χ0) is 12.6. The van der Waals surface area contributed by atoms with Crippen molar-refractivity contribution in [3.05, 3.63) is 12.2 Å². The van der Waals surface area contributed by atoms with Crippen LogP contribution in [0.1, 0.15) is 26.7 Å². The molecular formula is C13H19NO3. The van der Waals surface area contributed by atoms with Crippen molar-refractivity contribution in [3.63, 3.8) is 0 Å². The first-order valence-electron chi connectivity index (χ1n) is 6.10. The first-order valence-corrected chi connectivity index (χ1v) is 6.10. The number of hydrogen-bond acceptors (Lipinski definition) is 3. The van der Waals surface area contributed by atoms with Gasteiger partial charge < -0.3 is 10.5 Å². The van der Waals surface area contributed by atoms with Crippen LogP contribution in [0.15, 0.2) is 12.2 Å². The van der Waals surface area contributed by atoms with Gasteiger partial charge in [-0.1, -0.05) is 26.0 Å². The molecule has 0 aromatic heterocycles. The van der Waals surface area contributed by atoms with E-state index in [9.17, 15) is 9.59 Å². The first-order chi connectivity index (χ1) is 7.95. The summed E-state index contributed by atoms with van der Waals surface area (Å²) >= 11 is 0. The van der Waals surface area contributed by atoms with Crippen LogP contribution in [0.3, 0.4) is 0 Å². The van der Waals surface area contributed by atoms with Gasteiger partial charge in [0.2, 0.25) is 0 Å². The lowest BCUT2D eigenvalue weighted by Crippen LogP contribution is -2.43. The summed E-state index contributed by atoms with van der Waals surface area (Å²) < 4.78 is 4.94. The first kappa shape index (κ1) is 12.1. The van der Waals surface area contributed by atoms with Crippen LogP contribution in [0.5, 0.6) is 0 Å². The number of rotatable bonds is 4. The highest BCUT2D eigenvalue weighted by molar-refractivity contribution is 5.88. The highest BCUT2D eigenvalue weighted by Crippen LogP contribution is 2.53. The van der Waals surface area contributed by atoms with E-state index >= 15 is 0 Å². The van der Waals surface area contributed by atoms with Crippen LogP contribution in [0.25, 0.3) is 0 Å². The Hall–Kier alpha value is -1.32. The number of carbonyl (C=O) groups excluding carboxylic acids is 2. The largest absolute Gasteiger partial charge is 0.449 e. The Balaban J connectivity index is 2.21. The Morgan fingerprint density at radius 3 is 2.59 bits per heavy atom. The third-order valence-electron chi connectivity index (χ3n) is 4.00. The molecule has 4 nitrogen and oxygen atoms in total. The van der Waals surface area contributed by atoms with Gasteiger partial charge in [0.05, 0.1) is 5.41 Å². The molecule has 0 spiro atoms. The van der Waals surface area contributed by atoms with Gasteiger partial charge in [-0.3, -0.25) is 4.79 Å². The summed E-state index contributed by atoms with van der Waals surface area (Å²) in [6, 6.07) is 0. The van der Waals surface area contributed by atoms with E-state index in [4.69, 9.17) is 10.5 Å². The van der Waals surface area contributed by atoms with Crippen LogP contribution in [0, 0.1) is 23.2 Å². The fraction of sp³-hybridized carbons (Fsp3) is 0.692. The van der Waals surface area contributed by atoms with Crippen molar-refractivity contribution in [1.29, 1.82) is 0 Å². The molecule has 4 heteroatoms. The van der Waals surface area contributed by atoms with Crippen molar-refractivity contribution < 1.29 is 14.3 Å². The van der Waals surface area contributed by atoms with Crippen LogP contribution in [0.4, 0.5) is 4.79 Å². The number of hydrogen-bond donors (Lipinski definition) is 1. The number of Topliss-reactive ketones (excluding diaryl/α,β-unsaturated/α-hetero) is 1. The molecule has 2 aliphatic rings. The Morgan fingerprint density at radius 2 is 2.18 bits per heavy atom. The van der Waals surface area contributed by atoms with Crippen LogP contribution in [0.2, 0.25) is 0 Å². The molecule has 2 rings (SSSR count). The van der Waals surface area contributed by atoms with Crippen molar-refractivity contribution in [3.8, 4) is 0 Å². The number of carbonyl (C=O) groups is 2. The zero-order valence-electron chi connectivity index (χ0n) is 10.3. The standard InChI is InChI=1S/C13H19NO3/c1-8(2)11(15)13(7-17-12(14)16)6-9-3-4-10(13)5-9/h3-4,8-10H,5-7H2,1-2H3,(H2,14,16). The predicted octanol–water partition coefficient (Wildman–Crippen LogP) is 1.89. The molecule has 2 bridgehead atoms. The minimum absolute atomic E-state index is 0.0424. The molecule has 0 heterocycles. The van der Waals surface area contributed by atoms with E-state index in [-0.39, 0.29) is 24.2 Å². The normalized spacial score (nSPS) is 34.3. The van der Waals surface area contributed by atoms with Crippen LogP contribution in [-0.2, 0) is 9.53 Å². The van der Waals surface area contributed by atoms with Gasteiger partial charge in [0.25, 0.3) is 0 Å². The highest BCUT2D eigenvalue weighted by Gasteiger charge is 2.54. The number of nitrogens with two attached hydrogens (primary N) is 1. The van der Waals surface area contributed by atoms with E-state index in [2.05, 4.69) is 12.2 Å². The molecule has 0 saturated heterocycles. The second kappa shape index (κ2) is 4.17. The number of fused-ring (bicyclic) bond motifs is 2. The third-order valence-corrected chi connectivity index (χ3v) is 4.00. The van der Waals surface area contributed by atoms with Crippen LogP contribution < -0.4 is 5.73 Å². The average molecular weight is 237 g/mol. The highest BCUT2D eigenvalue weighted by atomic mass is 16.5. The van der Waals surface area contributed by atoms with Gasteiger partial charge in [-0.2, -0.15) is 0 Å². The smallest absolute Gasteiger partial charge is 0.404 e. The van der Waals surface area contributed by atoms with Crippen molar-refractivity contribution >= 4 is 11.9 Å². The quantitative estimate of drug-likeness (QED) is 0.759. The monoisotopic (exact) mass is 237 g/mol.